The lowest BCUT2D eigenvalue weighted by Gasteiger charge is -2.23. The zero-order chi connectivity index (χ0) is 15.6. The molecule has 0 aromatic heterocycles. The van der Waals surface area contributed by atoms with Crippen molar-refractivity contribution < 1.29 is 5.11 Å². The van der Waals surface area contributed by atoms with Gasteiger partial charge in [-0.05, 0) is 34.8 Å². The number of phenols is 1. The van der Waals surface area contributed by atoms with Crippen molar-refractivity contribution in [3.8, 4) is 5.75 Å². The largest absolute Gasteiger partial charge is 0.507 e. The number of hydrogen-bond acceptors (Lipinski definition) is 2. The van der Waals surface area contributed by atoms with Crippen molar-refractivity contribution in [2.24, 2.45) is 0 Å². The summed E-state index contributed by atoms with van der Waals surface area (Å²) in [6.45, 7) is 8.50. The third kappa shape index (κ3) is 3.81. The zero-order valence-electron chi connectivity index (χ0n) is 13.1. The van der Waals surface area contributed by atoms with Gasteiger partial charge in [0.05, 0.1) is 0 Å². The van der Waals surface area contributed by atoms with Gasteiger partial charge in [-0.1, -0.05) is 59.7 Å². The van der Waals surface area contributed by atoms with E-state index in [1.54, 1.807) is 0 Å². The maximum atomic E-state index is 10.7. The molecule has 2 rings (SSSR count). The average Bonchev–Trinajstić information content (AvgIpc) is 2.42. The number of phenolic OH excluding ortho intramolecular Hbond substituents is 1. The lowest BCUT2D eigenvalue weighted by Crippen LogP contribution is -2.16. The molecular weight excluding hydrogens is 295 g/mol. The molecule has 2 aromatic carbocycles. The fraction of sp³-hybridized carbons (Fsp3) is 0.333. The molecule has 0 aliphatic carbocycles. The standard InChI is InChI=1S/C18H23OPS/c1-12-9-14(18(2,3)4)17(19)16(10-12)20-15-8-6-5-7-13(15)11-21/h5-10,19-21H,11H2,1-4H3. The summed E-state index contributed by atoms with van der Waals surface area (Å²) in [7, 11) is 0.454. The SMILES string of the molecule is Cc1cc(Pc2ccccc2CS)c(O)c(C(C)(C)C)c1. The third-order valence-electron chi connectivity index (χ3n) is 3.52. The quantitative estimate of drug-likeness (QED) is 0.646. The van der Waals surface area contributed by atoms with Crippen LogP contribution in [0.15, 0.2) is 36.4 Å². The van der Waals surface area contributed by atoms with Crippen molar-refractivity contribution in [1.29, 1.82) is 0 Å². The van der Waals surface area contributed by atoms with Crippen LogP contribution >= 0.6 is 21.2 Å². The first-order chi connectivity index (χ1) is 9.82. The van der Waals surface area contributed by atoms with Crippen LogP contribution in [0.5, 0.6) is 5.75 Å². The van der Waals surface area contributed by atoms with Crippen LogP contribution in [0.3, 0.4) is 0 Å². The number of benzene rings is 2. The molecule has 1 nitrogen and oxygen atoms in total. The van der Waals surface area contributed by atoms with Crippen LogP contribution in [0.1, 0.15) is 37.5 Å². The molecule has 1 N–H and O–H groups in total. The minimum Gasteiger partial charge on any atom is -0.507 e. The smallest absolute Gasteiger partial charge is 0.127 e. The Hall–Kier alpha value is -0.980. The van der Waals surface area contributed by atoms with Gasteiger partial charge in [0.25, 0.3) is 0 Å². The van der Waals surface area contributed by atoms with E-state index in [0.717, 1.165) is 16.6 Å². The lowest BCUT2D eigenvalue weighted by molar-refractivity contribution is 0.450. The molecule has 0 fully saturated rings. The molecule has 0 radical (unpaired) electrons. The average molecular weight is 318 g/mol. The van der Waals surface area contributed by atoms with E-state index in [0.29, 0.717) is 14.3 Å². The Morgan fingerprint density at radius 3 is 2.38 bits per heavy atom. The molecule has 0 bridgehead atoms. The molecule has 0 heterocycles. The fourth-order valence-electron chi connectivity index (χ4n) is 2.37. The molecule has 1 atom stereocenters. The second kappa shape index (κ2) is 6.42. The Kier molecular flexibility index (Phi) is 5.01. The van der Waals surface area contributed by atoms with Crippen LogP contribution in [0.25, 0.3) is 0 Å². The van der Waals surface area contributed by atoms with Gasteiger partial charge in [-0.15, -0.1) is 0 Å². The van der Waals surface area contributed by atoms with Gasteiger partial charge in [-0.25, -0.2) is 0 Å². The molecule has 0 amide bonds. The molecule has 0 spiro atoms. The number of rotatable bonds is 3. The van der Waals surface area contributed by atoms with Crippen LogP contribution in [-0.4, -0.2) is 5.11 Å². The van der Waals surface area contributed by atoms with Crippen LogP contribution < -0.4 is 10.6 Å². The molecule has 0 saturated carbocycles. The van der Waals surface area contributed by atoms with Crippen molar-refractivity contribution in [3.05, 3.63) is 53.1 Å². The molecule has 1 unspecified atom stereocenters. The molecule has 21 heavy (non-hydrogen) atoms. The summed E-state index contributed by atoms with van der Waals surface area (Å²) >= 11 is 4.40. The molecule has 112 valence electrons. The maximum absolute atomic E-state index is 10.7. The third-order valence-corrected chi connectivity index (χ3v) is 5.27. The molecular formula is C18H23OPS. The van der Waals surface area contributed by atoms with E-state index >= 15 is 0 Å². The number of thiol groups is 1. The van der Waals surface area contributed by atoms with Gasteiger partial charge in [0.1, 0.15) is 5.75 Å². The van der Waals surface area contributed by atoms with Crippen molar-refractivity contribution in [1.82, 2.24) is 0 Å². The van der Waals surface area contributed by atoms with Crippen LogP contribution in [-0.2, 0) is 11.2 Å². The Labute approximate surface area is 135 Å². The monoisotopic (exact) mass is 318 g/mol. The highest BCUT2D eigenvalue weighted by molar-refractivity contribution is 7.79. The first-order valence-corrected chi connectivity index (χ1v) is 8.76. The van der Waals surface area contributed by atoms with E-state index in [-0.39, 0.29) is 5.41 Å². The van der Waals surface area contributed by atoms with E-state index in [4.69, 9.17) is 0 Å². The van der Waals surface area contributed by atoms with Gasteiger partial charge in [0.15, 0.2) is 0 Å². The van der Waals surface area contributed by atoms with Gasteiger partial charge >= 0.3 is 0 Å². The van der Waals surface area contributed by atoms with Gasteiger partial charge in [0, 0.05) is 16.6 Å². The summed E-state index contributed by atoms with van der Waals surface area (Å²) in [5.74, 6) is 1.17. The second-order valence-electron chi connectivity index (χ2n) is 6.40. The van der Waals surface area contributed by atoms with Crippen molar-refractivity contribution in [2.45, 2.75) is 38.9 Å². The fourth-order valence-corrected chi connectivity index (χ4v) is 4.15. The lowest BCUT2D eigenvalue weighted by atomic mass is 9.85. The predicted molar refractivity (Wildman–Crippen MR) is 98.3 cm³/mol. The summed E-state index contributed by atoms with van der Waals surface area (Å²) in [4.78, 5) is 0. The zero-order valence-corrected chi connectivity index (χ0v) is 15.0. The van der Waals surface area contributed by atoms with Gasteiger partial charge in [-0.3, -0.25) is 0 Å². The summed E-state index contributed by atoms with van der Waals surface area (Å²) < 4.78 is 0. The summed E-state index contributed by atoms with van der Waals surface area (Å²) in [5.41, 5.74) is 3.40. The molecule has 0 aliphatic heterocycles. The highest BCUT2D eigenvalue weighted by Gasteiger charge is 2.21. The highest BCUT2D eigenvalue weighted by Crippen LogP contribution is 2.33. The second-order valence-corrected chi connectivity index (χ2v) is 8.04. The van der Waals surface area contributed by atoms with Crippen molar-refractivity contribution in [2.75, 3.05) is 0 Å². The molecule has 0 aliphatic rings. The number of aryl methyl sites for hydroxylation is 1. The normalized spacial score (nSPS) is 12.2. The van der Waals surface area contributed by atoms with Crippen LogP contribution in [0.2, 0.25) is 0 Å². The van der Waals surface area contributed by atoms with Crippen LogP contribution in [0, 0.1) is 6.92 Å². The maximum Gasteiger partial charge on any atom is 0.127 e. The summed E-state index contributed by atoms with van der Waals surface area (Å²) in [5, 5.41) is 12.9. The van der Waals surface area contributed by atoms with Gasteiger partial charge < -0.3 is 5.11 Å². The Balaban J connectivity index is 2.48. The Bertz CT molecular complexity index is 644. The van der Waals surface area contributed by atoms with Gasteiger partial charge in [0.2, 0.25) is 0 Å². The minimum absolute atomic E-state index is 0.0571. The van der Waals surface area contributed by atoms with Crippen molar-refractivity contribution >= 4 is 31.8 Å². The highest BCUT2D eigenvalue weighted by atomic mass is 32.1. The predicted octanol–water partition coefficient (Wildman–Crippen LogP) is 4.06. The first-order valence-electron chi connectivity index (χ1n) is 7.13. The first kappa shape index (κ1) is 16.4. The topological polar surface area (TPSA) is 20.2 Å². The summed E-state index contributed by atoms with van der Waals surface area (Å²) in [6, 6.07) is 12.5. The van der Waals surface area contributed by atoms with E-state index in [1.165, 1.54) is 16.4 Å². The number of aromatic hydroxyl groups is 1. The van der Waals surface area contributed by atoms with Crippen LogP contribution in [0.4, 0.5) is 0 Å². The van der Waals surface area contributed by atoms with E-state index in [9.17, 15) is 5.11 Å². The van der Waals surface area contributed by atoms with Crippen molar-refractivity contribution in [3.63, 3.8) is 0 Å². The number of hydrogen-bond donors (Lipinski definition) is 2. The minimum atomic E-state index is -0.0571. The Morgan fingerprint density at radius 1 is 1.10 bits per heavy atom. The van der Waals surface area contributed by atoms with E-state index < -0.39 is 0 Å². The molecule has 3 heteroatoms. The van der Waals surface area contributed by atoms with E-state index in [1.807, 2.05) is 12.1 Å². The molecule has 0 saturated heterocycles. The van der Waals surface area contributed by atoms with E-state index in [2.05, 4.69) is 64.6 Å². The van der Waals surface area contributed by atoms with Gasteiger partial charge in [-0.2, -0.15) is 12.6 Å². The molecule has 2 aromatic rings. The Morgan fingerprint density at radius 2 is 1.76 bits per heavy atom. The summed E-state index contributed by atoms with van der Waals surface area (Å²) in [6.07, 6.45) is 0.